The van der Waals surface area contributed by atoms with E-state index in [2.05, 4.69) is 79.6 Å². The van der Waals surface area contributed by atoms with Gasteiger partial charge >= 0.3 is 0 Å². The van der Waals surface area contributed by atoms with Gasteiger partial charge in [0, 0.05) is 25.0 Å². The van der Waals surface area contributed by atoms with Crippen LogP contribution >= 0.6 is 0 Å². The molecule has 3 unspecified atom stereocenters. The van der Waals surface area contributed by atoms with E-state index in [1.807, 2.05) is 0 Å². The second kappa shape index (κ2) is 6.44. The Kier molecular flexibility index (Phi) is 4.23. The lowest BCUT2D eigenvalue weighted by Crippen LogP contribution is -2.49. The lowest BCUT2D eigenvalue weighted by Gasteiger charge is -2.47. The second-order valence-electron chi connectivity index (χ2n) is 7.83. The first kappa shape index (κ1) is 17.1. The number of para-hydroxylation sites is 2. The molecule has 2 aromatic carbocycles. The molecular formula is C22H28N4. The minimum atomic E-state index is -0.100. The molecule has 0 bridgehead atoms. The van der Waals surface area contributed by atoms with Crippen LogP contribution in [-0.4, -0.2) is 26.0 Å². The van der Waals surface area contributed by atoms with Gasteiger partial charge in [-0.05, 0) is 35.6 Å². The van der Waals surface area contributed by atoms with Crippen LogP contribution in [0.25, 0.3) is 0 Å². The lowest BCUT2D eigenvalue weighted by molar-refractivity contribution is 0.321. The number of benzene rings is 2. The maximum atomic E-state index is 5.76. The highest BCUT2D eigenvalue weighted by Crippen LogP contribution is 2.55. The Morgan fingerprint density at radius 1 is 1.15 bits per heavy atom. The average molecular weight is 348 g/mol. The highest BCUT2D eigenvalue weighted by molar-refractivity contribution is 6.04. The quantitative estimate of drug-likeness (QED) is 0.857. The van der Waals surface area contributed by atoms with Gasteiger partial charge in [-0.1, -0.05) is 50.2 Å². The number of rotatable bonds is 2. The monoisotopic (exact) mass is 348 g/mol. The van der Waals surface area contributed by atoms with Crippen molar-refractivity contribution in [3.63, 3.8) is 0 Å². The standard InChI is InChI=1S/C22H28N4/c1-15-14-22(2)20(26(3)19-11-7-5-8-16(15)19)17-9-4-6-10-18(17)25-21(22)24-13-12-23/h4-11,15,20H,12-14,23H2,1-3H3,(H,24,25). The number of hydrogen-bond donors (Lipinski definition) is 2. The zero-order chi connectivity index (χ0) is 18.3. The fourth-order valence-corrected chi connectivity index (χ4v) is 4.94. The van der Waals surface area contributed by atoms with Gasteiger partial charge in [0.05, 0.1) is 18.0 Å². The van der Waals surface area contributed by atoms with Crippen molar-refractivity contribution in [2.24, 2.45) is 16.1 Å². The largest absolute Gasteiger partial charge is 0.366 e. The van der Waals surface area contributed by atoms with Crippen LogP contribution in [0.5, 0.6) is 0 Å². The van der Waals surface area contributed by atoms with Gasteiger partial charge in [0.25, 0.3) is 0 Å². The minimum Gasteiger partial charge on any atom is -0.366 e. The van der Waals surface area contributed by atoms with Crippen molar-refractivity contribution in [2.45, 2.75) is 32.2 Å². The molecule has 2 heterocycles. The zero-order valence-electron chi connectivity index (χ0n) is 15.9. The first-order chi connectivity index (χ1) is 12.6. The van der Waals surface area contributed by atoms with Gasteiger partial charge in [-0.15, -0.1) is 0 Å². The van der Waals surface area contributed by atoms with Gasteiger partial charge in [0.2, 0.25) is 0 Å². The van der Waals surface area contributed by atoms with Crippen molar-refractivity contribution >= 4 is 17.2 Å². The Morgan fingerprint density at radius 2 is 1.85 bits per heavy atom. The molecule has 4 heteroatoms. The molecule has 4 nitrogen and oxygen atoms in total. The van der Waals surface area contributed by atoms with Crippen LogP contribution in [0, 0.1) is 5.41 Å². The van der Waals surface area contributed by atoms with Crippen LogP contribution in [0.4, 0.5) is 11.4 Å². The van der Waals surface area contributed by atoms with Crippen LogP contribution in [0.3, 0.4) is 0 Å². The van der Waals surface area contributed by atoms with Crippen molar-refractivity contribution in [1.29, 1.82) is 0 Å². The fourth-order valence-electron chi connectivity index (χ4n) is 4.94. The Morgan fingerprint density at radius 3 is 2.62 bits per heavy atom. The van der Waals surface area contributed by atoms with Gasteiger partial charge in [-0.3, -0.25) is 4.99 Å². The zero-order valence-corrected chi connectivity index (χ0v) is 15.9. The van der Waals surface area contributed by atoms with E-state index in [1.165, 1.54) is 16.8 Å². The number of fused-ring (bicyclic) bond motifs is 4. The van der Waals surface area contributed by atoms with E-state index in [4.69, 9.17) is 10.7 Å². The molecule has 2 aliphatic heterocycles. The Balaban J connectivity index is 1.94. The lowest BCUT2D eigenvalue weighted by atomic mass is 9.69. The van der Waals surface area contributed by atoms with E-state index in [1.54, 1.807) is 0 Å². The summed E-state index contributed by atoms with van der Waals surface area (Å²) >= 11 is 0. The summed E-state index contributed by atoms with van der Waals surface area (Å²) in [5.74, 6) is 1.52. The van der Waals surface area contributed by atoms with Gasteiger partial charge in [0.1, 0.15) is 5.84 Å². The molecule has 136 valence electrons. The number of amidine groups is 1. The van der Waals surface area contributed by atoms with Crippen LogP contribution in [0.1, 0.15) is 43.4 Å². The number of nitrogens with one attached hydrogen (secondary N) is 1. The molecule has 0 radical (unpaired) electrons. The van der Waals surface area contributed by atoms with Crippen LogP contribution in [-0.2, 0) is 0 Å². The molecule has 26 heavy (non-hydrogen) atoms. The number of nitrogens with zero attached hydrogens (tertiary/aromatic N) is 2. The predicted octanol–water partition coefficient (Wildman–Crippen LogP) is 4.16. The van der Waals surface area contributed by atoms with E-state index in [9.17, 15) is 0 Å². The second-order valence-corrected chi connectivity index (χ2v) is 7.83. The normalized spacial score (nSPS) is 28.6. The van der Waals surface area contributed by atoms with Gasteiger partial charge in [-0.25, -0.2) is 0 Å². The maximum Gasteiger partial charge on any atom is 0.109 e. The number of aliphatic imine (C=N–C) groups is 1. The summed E-state index contributed by atoms with van der Waals surface area (Å²) in [6.07, 6.45) is 1.05. The molecule has 0 spiro atoms. The molecular weight excluding hydrogens is 320 g/mol. The van der Waals surface area contributed by atoms with Crippen molar-refractivity contribution in [3.05, 3.63) is 59.7 Å². The van der Waals surface area contributed by atoms with Crippen molar-refractivity contribution in [3.8, 4) is 0 Å². The predicted molar refractivity (Wildman–Crippen MR) is 110 cm³/mol. The van der Waals surface area contributed by atoms with E-state index in [0.29, 0.717) is 19.0 Å². The van der Waals surface area contributed by atoms with Crippen LogP contribution < -0.4 is 16.0 Å². The molecule has 3 N–H and O–H groups in total. The molecule has 0 amide bonds. The SMILES string of the molecule is CC1CC2(C)C(=NCCN)Nc3ccccc3C2N(C)c2ccccc21. The number of nitrogens with two attached hydrogens (primary N) is 1. The summed E-state index contributed by atoms with van der Waals surface area (Å²) in [4.78, 5) is 7.34. The van der Waals surface area contributed by atoms with E-state index in [-0.39, 0.29) is 11.5 Å². The average Bonchev–Trinajstić information content (AvgIpc) is 2.73. The number of hydrogen-bond acceptors (Lipinski definition) is 3. The summed E-state index contributed by atoms with van der Waals surface area (Å²) in [5.41, 5.74) is 10.9. The summed E-state index contributed by atoms with van der Waals surface area (Å²) < 4.78 is 0. The summed E-state index contributed by atoms with van der Waals surface area (Å²) in [5, 5.41) is 3.63. The highest BCUT2D eigenvalue weighted by Gasteiger charge is 2.49. The molecule has 0 aliphatic carbocycles. The minimum absolute atomic E-state index is 0.100. The molecule has 0 aromatic heterocycles. The molecule has 3 atom stereocenters. The first-order valence-corrected chi connectivity index (χ1v) is 9.49. The van der Waals surface area contributed by atoms with Gasteiger partial charge in [-0.2, -0.15) is 0 Å². The smallest absolute Gasteiger partial charge is 0.109 e. The summed E-state index contributed by atoms with van der Waals surface area (Å²) in [6, 6.07) is 17.7. The topological polar surface area (TPSA) is 53.6 Å². The third kappa shape index (κ3) is 2.52. The molecule has 4 rings (SSSR count). The highest BCUT2D eigenvalue weighted by atomic mass is 15.2. The number of anilines is 2. The van der Waals surface area contributed by atoms with Crippen molar-refractivity contribution in [2.75, 3.05) is 30.4 Å². The van der Waals surface area contributed by atoms with Crippen molar-refractivity contribution in [1.82, 2.24) is 0 Å². The summed E-state index contributed by atoms with van der Waals surface area (Å²) in [6.45, 7) is 5.91. The third-order valence-corrected chi connectivity index (χ3v) is 6.02. The molecule has 0 saturated carbocycles. The first-order valence-electron chi connectivity index (χ1n) is 9.49. The van der Waals surface area contributed by atoms with Crippen LogP contribution in [0.2, 0.25) is 0 Å². The van der Waals surface area contributed by atoms with E-state index < -0.39 is 0 Å². The Bertz CT molecular complexity index is 844. The Labute approximate surface area is 156 Å². The third-order valence-electron chi connectivity index (χ3n) is 6.02. The van der Waals surface area contributed by atoms with E-state index >= 15 is 0 Å². The molecule has 0 saturated heterocycles. The molecule has 0 fully saturated rings. The van der Waals surface area contributed by atoms with Gasteiger partial charge in [0.15, 0.2) is 0 Å². The van der Waals surface area contributed by atoms with Crippen molar-refractivity contribution < 1.29 is 0 Å². The molecule has 2 aliphatic rings. The van der Waals surface area contributed by atoms with E-state index in [0.717, 1.165) is 17.9 Å². The maximum absolute atomic E-state index is 5.76. The molecule has 2 aromatic rings. The van der Waals surface area contributed by atoms with Gasteiger partial charge < -0.3 is 16.0 Å². The van der Waals surface area contributed by atoms with Crippen LogP contribution in [0.15, 0.2) is 53.5 Å². The summed E-state index contributed by atoms with van der Waals surface area (Å²) in [7, 11) is 2.22. The fraction of sp³-hybridized carbons (Fsp3) is 0.409. The Hall–Kier alpha value is -2.33.